The van der Waals surface area contributed by atoms with Crippen molar-refractivity contribution in [3.05, 3.63) is 34.4 Å². The summed E-state index contributed by atoms with van der Waals surface area (Å²) in [5.74, 6) is -0.0222. The Bertz CT molecular complexity index is 457. The molecular weight excluding hydrogens is 238 g/mol. The van der Waals surface area contributed by atoms with Crippen LogP contribution in [0.25, 0.3) is 0 Å². The summed E-state index contributed by atoms with van der Waals surface area (Å²) in [7, 11) is 0. The van der Waals surface area contributed by atoms with Crippen LogP contribution in [0.1, 0.15) is 0 Å². The van der Waals surface area contributed by atoms with Gasteiger partial charge in [-0.15, -0.1) is 0 Å². The zero-order valence-corrected chi connectivity index (χ0v) is 9.67. The largest absolute Gasteiger partial charge is 0.415 e. The van der Waals surface area contributed by atoms with Crippen molar-refractivity contribution in [1.29, 1.82) is 0 Å². The minimum absolute atomic E-state index is 0.0222. The zero-order valence-electron chi connectivity index (χ0n) is 9.67. The van der Waals surface area contributed by atoms with Gasteiger partial charge in [-0.1, -0.05) is 12.1 Å². The van der Waals surface area contributed by atoms with Crippen LogP contribution in [0.15, 0.2) is 24.3 Å². The lowest BCUT2D eigenvalue weighted by atomic mass is 10.3. The molecule has 0 bridgehead atoms. The molecule has 0 saturated carbocycles. The second kappa shape index (κ2) is 5.46. The lowest BCUT2D eigenvalue weighted by molar-refractivity contribution is -0.385. The predicted octanol–water partition coefficient (Wildman–Crippen LogP) is 0.999. The molecule has 1 saturated heterocycles. The van der Waals surface area contributed by atoms with E-state index >= 15 is 0 Å². The van der Waals surface area contributed by atoms with Gasteiger partial charge in [-0.3, -0.25) is 10.1 Å². The number of amides is 1. The highest BCUT2D eigenvalue weighted by atomic mass is 16.6. The third-order valence-electron chi connectivity index (χ3n) is 2.63. The molecule has 1 aliphatic heterocycles. The Balaban J connectivity index is 2.08. The molecule has 7 nitrogen and oxygen atoms in total. The van der Waals surface area contributed by atoms with Crippen molar-refractivity contribution in [2.45, 2.75) is 0 Å². The normalized spacial score (nSPS) is 15.2. The summed E-state index contributed by atoms with van der Waals surface area (Å²) in [6.07, 6.45) is -0.550. The van der Waals surface area contributed by atoms with E-state index in [4.69, 9.17) is 4.74 Å². The lowest BCUT2D eigenvalue weighted by Gasteiger charge is -2.26. The Hall–Kier alpha value is -2.15. The van der Waals surface area contributed by atoms with E-state index in [2.05, 4.69) is 5.32 Å². The SMILES string of the molecule is O=C(Oc1ccccc1[N+](=O)[O-])N1CCNCC1. The molecule has 1 amide bonds. The first-order chi connectivity index (χ1) is 8.68. The number of nitro groups is 1. The quantitative estimate of drug-likeness (QED) is 0.626. The maximum Gasteiger partial charge on any atom is 0.415 e. The molecule has 96 valence electrons. The van der Waals surface area contributed by atoms with E-state index in [0.29, 0.717) is 26.2 Å². The van der Waals surface area contributed by atoms with E-state index in [1.807, 2.05) is 0 Å². The van der Waals surface area contributed by atoms with Gasteiger partial charge in [0.2, 0.25) is 5.75 Å². The number of nitro benzene ring substituents is 1. The summed E-state index contributed by atoms with van der Waals surface area (Å²) in [5.41, 5.74) is -0.207. The van der Waals surface area contributed by atoms with Crippen LogP contribution in [0.5, 0.6) is 5.75 Å². The average Bonchev–Trinajstić information content (AvgIpc) is 2.40. The summed E-state index contributed by atoms with van der Waals surface area (Å²) in [6.45, 7) is 2.48. The van der Waals surface area contributed by atoms with Crippen molar-refractivity contribution in [1.82, 2.24) is 10.2 Å². The van der Waals surface area contributed by atoms with Crippen LogP contribution < -0.4 is 10.1 Å². The van der Waals surface area contributed by atoms with Gasteiger partial charge in [0.05, 0.1) is 4.92 Å². The van der Waals surface area contributed by atoms with E-state index in [-0.39, 0.29) is 11.4 Å². The summed E-state index contributed by atoms with van der Waals surface area (Å²) < 4.78 is 5.06. The molecule has 1 aliphatic rings. The first kappa shape index (κ1) is 12.3. The number of piperazine rings is 1. The van der Waals surface area contributed by atoms with Gasteiger partial charge in [0.15, 0.2) is 0 Å². The van der Waals surface area contributed by atoms with Crippen LogP contribution in [-0.4, -0.2) is 42.1 Å². The third kappa shape index (κ3) is 2.75. The monoisotopic (exact) mass is 251 g/mol. The van der Waals surface area contributed by atoms with Crippen molar-refractivity contribution < 1.29 is 14.5 Å². The molecule has 1 heterocycles. The molecular formula is C11H13N3O4. The topological polar surface area (TPSA) is 84.7 Å². The number of para-hydroxylation sites is 2. The Morgan fingerprint density at radius 2 is 2.00 bits per heavy atom. The molecule has 1 N–H and O–H groups in total. The number of carbonyl (C=O) groups is 1. The van der Waals surface area contributed by atoms with E-state index in [0.717, 1.165) is 0 Å². The van der Waals surface area contributed by atoms with E-state index in [1.165, 1.54) is 23.1 Å². The van der Waals surface area contributed by atoms with Gasteiger partial charge < -0.3 is 15.0 Å². The van der Waals surface area contributed by atoms with Crippen molar-refractivity contribution in [3.63, 3.8) is 0 Å². The van der Waals surface area contributed by atoms with Gasteiger partial charge in [-0.05, 0) is 6.07 Å². The number of rotatable bonds is 2. The van der Waals surface area contributed by atoms with E-state index in [1.54, 1.807) is 6.07 Å². The molecule has 1 aromatic carbocycles. The first-order valence-corrected chi connectivity index (χ1v) is 5.59. The summed E-state index contributed by atoms with van der Waals surface area (Å²) >= 11 is 0. The van der Waals surface area contributed by atoms with Gasteiger partial charge in [0, 0.05) is 32.2 Å². The number of benzene rings is 1. The number of ether oxygens (including phenoxy) is 1. The van der Waals surface area contributed by atoms with Crippen LogP contribution in [-0.2, 0) is 0 Å². The summed E-state index contributed by atoms with van der Waals surface area (Å²) in [4.78, 5) is 23.5. The van der Waals surface area contributed by atoms with Gasteiger partial charge in [-0.25, -0.2) is 4.79 Å². The molecule has 1 fully saturated rings. The summed E-state index contributed by atoms with van der Waals surface area (Å²) in [6, 6.07) is 5.84. The number of nitrogens with one attached hydrogen (secondary N) is 1. The highest BCUT2D eigenvalue weighted by Crippen LogP contribution is 2.26. The highest BCUT2D eigenvalue weighted by Gasteiger charge is 2.22. The molecule has 0 unspecified atom stereocenters. The van der Waals surface area contributed by atoms with Crippen LogP contribution in [0, 0.1) is 10.1 Å². The minimum Gasteiger partial charge on any atom is -0.403 e. The number of nitrogens with zero attached hydrogens (tertiary/aromatic N) is 2. The molecule has 0 radical (unpaired) electrons. The summed E-state index contributed by atoms with van der Waals surface area (Å²) in [5, 5.41) is 13.9. The van der Waals surface area contributed by atoms with E-state index in [9.17, 15) is 14.9 Å². The fourth-order valence-electron chi connectivity index (χ4n) is 1.70. The fourth-order valence-corrected chi connectivity index (χ4v) is 1.70. The van der Waals surface area contributed by atoms with Crippen LogP contribution in [0.4, 0.5) is 10.5 Å². The third-order valence-corrected chi connectivity index (χ3v) is 2.63. The predicted molar refractivity (Wildman–Crippen MR) is 63.6 cm³/mol. The van der Waals surface area contributed by atoms with Crippen molar-refractivity contribution >= 4 is 11.8 Å². The maximum absolute atomic E-state index is 11.8. The van der Waals surface area contributed by atoms with Crippen molar-refractivity contribution in [2.75, 3.05) is 26.2 Å². The first-order valence-electron chi connectivity index (χ1n) is 5.59. The molecule has 0 aliphatic carbocycles. The zero-order chi connectivity index (χ0) is 13.0. The second-order valence-corrected chi connectivity index (χ2v) is 3.83. The molecule has 2 rings (SSSR count). The fraction of sp³-hybridized carbons (Fsp3) is 0.364. The Morgan fingerprint density at radius 1 is 1.33 bits per heavy atom. The number of hydrogen-bond acceptors (Lipinski definition) is 5. The smallest absolute Gasteiger partial charge is 0.403 e. The van der Waals surface area contributed by atoms with Crippen molar-refractivity contribution in [2.24, 2.45) is 0 Å². The average molecular weight is 251 g/mol. The molecule has 0 atom stereocenters. The Kier molecular flexibility index (Phi) is 3.73. The van der Waals surface area contributed by atoms with Crippen LogP contribution in [0.2, 0.25) is 0 Å². The lowest BCUT2D eigenvalue weighted by Crippen LogP contribution is -2.47. The van der Waals surface area contributed by atoms with Crippen LogP contribution in [0.3, 0.4) is 0 Å². The van der Waals surface area contributed by atoms with Gasteiger partial charge in [0.1, 0.15) is 0 Å². The molecule has 7 heteroatoms. The number of hydrogen-bond donors (Lipinski definition) is 1. The highest BCUT2D eigenvalue weighted by molar-refractivity contribution is 5.72. The second-order valence-electron chi connectivity index (χ2n) is 3.83. The Morgan fingerprint density at radius 3 is 2.67 bits per heavy atom. The number of carbonyl (C=O) groups excluding carboxylic acids is 1. The van der Waals surface area contributed by atoms with Gasteiger partial charge in [-0.2, -0.15) is 0 Å². The van der Waals surface area contributed by atoms with Gasteiger partial charge in [0.25, 0.3) is 0 Å². The molecule has 18 heavy (non-hydrogen) atoms. The van der Waals surface area contributed by atoms with Gasteiger partial charge >= 0.3 is 11.8 Å². The standard InChI is InChI=1S/C11H13N3O4/c15-11(13-7-5-12-6-8-13)18-10-4-2-1-3-9(10)14(16)17/h1-4,12H,5-8H2. The van der Waals surface area contributed by atoms with E-state index < -0.39 is 11.0 Å². The molecule has 0 spiro atoms. The molecule has 0 aromatic heterocycles. The van der Waals surface area contributed by atoms with Crippen molar-refractivity contribution in [3.8, 4) is 5.75 Å². The maximum atomic E-state index is 11.8. The molecule has 1 aromatic rings. The Labute approximate surface area is 103 Å². The van der Waals surface area contributed by atoms with Crippen LogP contribution >= 0.6 is 0 Å². The minimum atomic E-state index is -0.569.